The molecule has 20 heavy (non-hydrogen) atoms. The standard InChI is InChI=1S/C20H24/c1-20(2)14-6-9-19(15-20)18-12-10-17(11-13-18)16-7-4-3-5-8-16/h3-5,7-8,10-13,19H,6,9,14-15H2,1-2H3. The molecular weight excluding hydrogens is 240 g/mol. The molecule has 0 amide bonds. The van der Waals surface area contributed by atoms with Crippen LogP contribution in [0.3, 0.4) is 0 Å². The molecule has 0 spiro atoms. The van der Waals surface area contributed by atoms with E-state index in [1.807, 2.05) is 0 Å². The van der Waals surface area contributed by atoms with Gasteiger partial charge in [-0.1, -0.05) is 74.9 Å². The second-order valence-corrected chi connectivity index (χ2v) is 6.95. The van der Waals surface area contributed by atoms with Crippen molar-refractivity contribution in [2.45, 2.75) is 45.4 Å². The Bertz CT molecular complexity index is 548. The number of benzene rings is 2. The summed E-state index contributed by atoms with van der Waals surface area (Å²) in [5.41, 5.74) is 4.67. The molecule has 0 radical (unpaired) electrons. The van der Waals surface area contributed by atoms with Crippen LogP contribution in [0, 0.1) is 5.41 Å². The average Bonchev–Trinajstić information content (AvgIpc) is 2.47. The SMILES string of the molecule is CC1(C)CCCC(c2ccc(-c3ccccc3)cc2)C1. The van der Waals surface area contributed by atoms with E-state index in [0.717, 1.165) is 5.92 Å². The van der Waals surface area contributed by atoms with Crippen molar-refractivity contribution in [2.75, 3.05) is 0 Å². The van der Waals surface area contributed by atoms with Gasteiger partial charge in [0.05, 0.1) is 0 Å². The molecule has 0 heterocycles. The van der Waals surface area contributed by atoms with E-state index >= 15 is 0 Å². The fourth-order valence-electron chi connectivity index (χ4n) is 3.56. The first-order chi connectivity index (χ1) is 9.64. The zero-order valence-electron chi connectivity index (χ0n) is 12.6. The summed E-state index contributed by atoms with van der Waals surface area (Å²) < 4.78 is 0. The van der Waals surface area contributed by atoms with E-state index in [-0.39, 0.29) is 0 Å². The van der Waals surface area contributed by atoms with E-state index in [1.54, 1.807) is 0 Å². The van der Waals surface area contributed by atoms with E-state index in [9.17, 15) is 0 Å². The van der Waals surface area contributed by atoms with Crippen molar-refractivity contribution in [1.29, 1.82) is 0 Å². The van der Waals surface area contributed by atoms with Gasteiger partial charge in [0.2, 0.25) is 0 Å². The highest BCUT2D eigenvalue weighted by molar-refractivity contribution is 5.63. The van der Waals surface area contributed by atoms with E-state index in [0.29, 0.717) is 5.41 Å². The Labute approximate surface area is 122 Å². The maximum absolute atomic E-state index is 2.41. The zero-order valence-corrected chi connectivity index (χ0v) is 12.6. The minimum Gasteiger partial charge on any atom is -0.0622 e. The van der Waals surface area contributed by atoms with Crippen LogP contribution >= 0.6 is 0 Å². The van der Waals surface area contributed by atoms with Crippen molar-refractivity contribution in [1.82, 2.24) is 0 Å². The van der Waals surface area contributed by atoms with Crippen LogP contribution in [0.25, 0.3) is 11.1 Å². The molecule has 0 aliphatic heterocycles. The lowest BCUT2D eigenvalue weighted by Crippen LogP contribution is -2.21. The van der Waals surface area contributed by atoms with E-state index < -0.39 is 0 Å². The molecule has 1 aliphatic rings. The van der Waals surface area contributed by atoms with Gasteiger partial charge in [0.1, 0.15) is 0 Å². The Morgan fingerprint density at radius 2 is 1.50 bits per heavy atom. The number of hydrogen-bond donors (Lipinski definition) is 0. The van der Waals surface area contributed by atoms with E-state index in [2.05, 4.69) is 68.4 Å². The molecule has 2 aromatic rings. The molecule has 0 saturated heterocycles. The van der Waals surface area contributed by atoms with Gasteiger partial charge in [0, 0.05) is 0 Å². The molecule has 0 bridgehead atoms. The van der Waals surface area contributed by atoms with E-state index in [4.69, 9.17) is 0 Å². The molecule has 1 unspecified atom stereocenters. The highest BCUT2D eigenvalue weighted by Crippen LogP contribution is 2.43. The van der Waals surface area contributed by atoms with Crippen LogP contribution < -0.4 is 0 Å². The van der Waals surface area contributed by atoms with Crippen LogP contribution in [0.1, 0.15) is 51.0 Å². The molecule has 1 fully saturated rings. The largest absolute Gasteiger partial charge is 0.0622 e. The number of rotatable bonds is 2. The van der Waals surface area contributed by atoms with E-state index in [1.165, 1.54) is 42.4 Å². The third kappa shape index (κ3) is 2.95. The van der Waals surface area contributed by atoms with Gasteiger partial charge in [-0.25, -0.2) is 0 Å². The maximum atomic E-state index is 2.41. The molecule has 104 valence electrons. The summed E-state index contributed by atoms with van der Waals surface area (Å²) in [6, 6.07) is 19.9. The van der Waals surface area contributed by atoms with Crippen LogP contribution in [-0.2, 0) is 0 Å². The second-order valence-electron chi connectivity index (χ2n) is 6.95. The van der Waals surface area contributed by atoms with Crippen molar-refractivity contribution in [2.24, 2.45) is 5.41 Å². The summed E-state index contributed by atoms with van der Waals surface area (Å²) in [5.74, 6) is 0.753. The Balaban J connectivity index is 1.80. The summed E-state index contributed by atoms with van der Waals surface area (Å²) in [7, 11) is 0. The predicted octanol–water partition coefficient (Wildman–Crippen LogP) is 6.04. The minimum absolute atomic E-state index is 0.515. The molecule has 0 N–H and O–H groups in total. The van der Waals surface area contributed by atoms with Gasteiger partial charge < -0.3 is 0 Å². The first-order valence-electron chi connectivity index (χ1n) is 7.79. The molecule has 0 aromatic heterocycles. The molecule has 1 aliphatic carbocycles. The molecule has 3 rings (SSSR count). The van der Waals surface area contributed by atoms with Crippen molar-refractivity contribution in [3.05, 3.63) is 60.2 Å². The van der Waals surface area contributed by atoms with Crippen LogP contribution in [0.2, 0.25) is 0 Å². The highest BCUT2D eigenvalue weighted by atomic mass is 14.3. The third-order valence-corrected chi connectivity index (χ3v) is 4.69. The highest BCUT2D eigenvalue weighted by Gasteiger charge is 2.28. The lowest BCUT2D eigenvalue weighted by Gasteiger charge is -2.35. The van der Waals surface area contributed by atoms with Crippen LogP contribution in [0.5, 0.6) is 0 Å². The second kappa shape index (κ2) is 5.44. The van der Waals surface area contributed by atoms with Gasteiger partial charge in [-0.05, 0) is 47.3 Å². The third-order valence-electron chi connectivity index (χ3n) is 4.69. The summed E-state index contributed by atoms with van der Waals surface area (Å²) in [5, 5.41) is 0. The molecule has 1 atom stereocenters. The zero-order chi connectivity index (χ0) is 14.0. The molecule has 2 aromatic carbocycles. The number of hydrogen-bond acceptors (Lipinski definition) is 0. The minimum atomic E-state index is 0.515. The average molecular weight is 264 g/mol. The Morgan fingerprint density at radius 1 is 0.850 bits per heavy atom. The maximum Gasteiger partial charge on any atom is -0.0157 e. The first-order valence-corrected chi connectivity index (χ1v) is 7.79. The lowest BCUT2D eigenvalue weighted by atomic mass is 9.70. The van der Waals surface area contributed by atoms with Gasteiger partial charge in [-0.3, -0.25) is 0 Å². The predicted molar refractivity (Wildman–Crippen MR) is 86.9 cm³/mol. The fourth-order valence-corrected chi connectivity index (χ4v) is 3.56. The topological polar surface area (TPSA) is 0 Å². The molecule has 0 heteroatoms. The van der Waals surface area contributed by atoms with Crippen molar-refractivity contribution < 1.29 is 0 Å². The van der Waals surface area contributed by atoms with Crippen molar-refractivity contribution >= 4 is 0 Å². The van der Waals surface area contributed by atoms with Gasteiger partial charge >= 0.3 is 0 Å². The molecule has 1 saturated carbocycles. The van der Waals surface area contributed by atoms with Gasteiger partial charge in [0.15, 0.2) is 0 Å². The van der Waals surface area contributed by atoms with Crippen LogP contribution in [0.4, 0.5) is 0 Å². The monoisotopic (exact) mass is 264 g/mol. The summed E-state index contributed by atoms with van der Waals surface area (Å²) >= 11 is 0. The quantitative estimate of drug-likeness (QED) is 0.620. The van der Waals surface area contributed by atoms with Crippen LogP contribution in [0.15, 0.2) is 54.6 Å². The van der Waals surface area contributed by atoms with Crippen molar-refractivity contribution in [3.8, 4) is 11.1 Å². The van der Waals surface area contributed by atoms with Crippen molar-refractivity contribution in [3.63, 3.8) is 0 Å². The Morgan fingerprint density at radius 3 is 2.15 bits per heavy atom. The smallest absolute Gasteiger partial charge is 0.0157 e. The normalized spacial score (nSPS) is 21.6. The molecule has 0 nitrogen and oxygen atoms in total. The summed E-state index contributed by atoms with van der Waals surface area (Å²) in [6.45, 7) is 4.83. The summed E-state index contributed by atoms with van der Waals surface area (Å²) in [6.07, 6.45) is 5.44. The van der Waals surface area contributed by atoms with Gasteiger partial charge in [-0.15, -0.1) is 0 Å². The van der Waals surface area contributed by atoms with Gasteiger partial charge in [0.25, 0.3) is 0 Å². The fraction of sp³-hybridized carbons (Fsp3) is 0.400. The summed E-state index contributed by atoms with van der Waals surface area (Å²) in [4.78, 5) is 0. The van der Waals surface area contributed by atoms with Gasteiger partial charge in [-0.2, -0.15) is 0 Å². The Kier molecular flexibility index (Phi) is 3.65. The van der Waals surface area contributed by atoms with Crippen LogP contribution in [-0.4, -0.2) is 0 Å². The first kappa shape index (κ1) is 13.4. The lowest BCUT2D eigenvalue weighted by molar-refractivity contribution is 0.219. The Hall–Kier alpha value is -1.56. The molecular formula is C20H24.